The van der Waals surface area contributed by atoms with Crippen LogP contribution >= 0.6 is 0 Å². The van der Waals surface area contributed by atoms with Crippen molar-refractivity contribution in [1.82, 2.24) is 5.32 Å². The van der Waals surface area contributed by atoms with Gasteiger partial charge in [0.05, 0.1) is 17.8 Å². The van der Waals surface area contributed by atoms with E-state index in [0.29, 0.717) is 16.9 Å². The summed E-state index contributed by atoms with van der Waals surface area (Å²) in [7, 11) is 0. The van der Waals surface area contributed by atoms with E-state index in [0.717, 1.165) is 5.56 Å². The standard InChI is InChI=1S/C25H26FN3O2/c1-17(2)24(18-12-14-19(26)15-13-18)27-16-23(30)29-22-11-7-6-10-21(22)25(31)28-20-8-4-3-5-9-20/h3-15,17,24,27H,16H2,1-2H3,(H,28,31)(H,29,30). The van der Waals surface area contributed by atoms with Gasteiger partial charge in [-0.3, -0.25) is 9.59 Å². The molecule has 160 valence electrons. The molecule has 31 heavy (non-hydrogen) atoms. The van der Waals surface area contributed by atoms with E-state index in [1.165, 1.54) is 12.1 Å². The van der Waals surface area contributed by atoms with Crippen LogP contribution in [0.1, 0.15) is 35.8 Å². The summed E-state index contributed by atoms with van der Waals surface area (Å²) in [5, 5.41) is 8.86. The molecule has 3 aromatic rings. The van der Waals surface area contributed by atoms with Crippen LogP contribution < -0.4 is 16.0 Å². The number of hydrogen-bond acceptors (Lipinski definition) is 3. The molecule has 0 aromatic heterocycles. The number of rotatable bonds is 8. The summed E-state index contributed by atoms with van der Waals surface area (Å²) in [5.41, 5.74) is 2.39. The van der Waals surface area contributed by atoms with Gasteiger partial charge in [-0.15, -0.1) is 0 Å². The summed E-state index contributed by atoms with van der Waals surface area (Å²) < 4.78 is 13.2. The molecule has 0 bridgehead atoms. The lowest BCUT2D eigenvalue weighted by Gasteiger charge is -2.23. The monoisotopic (exact) mass is 419 g/mol. The van der Waals surface area contributed by atoms with E-state index in [9.17, 15) is 14.0 Å². The molecule has 0 aliphatic heterocycles. The van der Waals surface area contributed by atoms with E-state index >= 15 is 0 Å². The average molecular weight is 420 g/mol. The number of amides is 2. The van der Waals surface area contributed by atoms with Gasteiger partial charge in [-0.05, 0) is 47.9 Å². The normalized spacial score (nSPS) is 11.7. The second kappa shape index (κ2) is 10.5. The van der Waals surface area contributed by atoms with Gasteiger partial charge in [0, 0.05) is 11.7 Å². The van der Waals surface area contributed by atoms with Gasteiger partial charge in [-0.2, -0.15) is 0 Å². The minimum Gasteiger partial charge on any atom is -0.324 e. The molecule has 2 amide bonds. The van der Waals surface area contributed by atoms with Gasteiger partial charge < -0.3 is 16.0 Å². The van der Waals surface area contributed by atoms with Gasteiger partial charge in [0.1, 0.15) is 5.82 Å². The maximum absolute atomic E-state index is 13.2. The van der Waals surface area contributed by atoms with Crippen LogP contribution in [-0.2, 0) is 4.79 Å². The van der Waals surface area contributed by atoms with Gasteiger partial charge in [-0.1, -0.05) is 56.3 Å². The first kappa shape index (κ1) is 22.2. The Kier molecular flexibility index (Phi) is 7.51. The SMILES string of the molecule is CC(C)C(NCC(=O)Nc1ccccc1C(=O)Nc1ccccc1)c1ccc(F)cc1. The fraction of sp³-hybridized carbons (Fsp3) is 0.200. The fourth-order valence-corrected chi connectivity index (χ4v) is 3.32. The Hall–Kier alpha value is -3.51. The summed E-state index contributed by atoms with van der Waals surface area (Å²) in [6.07, 6.45) is 0. The number of para-hydroxylation sites is 2. The fourth-order valence-electron chi connectivity index (χ4n) is 3.32. The van der Waals surface area contributed by atoms with Crippen molar-refractivity contribution in [1.29, 1.82) is 0 Å². The second-order valence-electron chi connectivity index (χ2n) is 7.57. The molecule has 3 rings (SSSR count). The number of carbonyl (C=O) groups excluding carboxylic acids is 2. The van der Waals surface area contributed by atoms with Gasteiger partial charge in [0.25, 0.3) is 5.91 Å². The first-order chi connectivity index (χ1) is 14.9. The van der Waals surface area contributed by atoms with E-state index in [-0.39, 0.29) is 36.1 Å². The summed E-state index contributed by atoms with van der Waals surface area (Å²) in [6, 6.07) is 22.1. The topological polar surface area (TPSA) is 70.2 Å². The minimum atomic E-state index is -0.304. The molecule has 3 N–H and O–H groups in total. The highest BCUT2D eigenvalue weighted by molar-refractivity contribution is 6.10. The summed E-state index contributed by atoms with van der Waals surface area (Å²) in [5.74, 6) is -0.675. The quantitative estimate of drug-likeness (QED) is 0.481. The number of carbonyl (C=O) groups is 2. The van der Waals surface area contributed by atoms with E-state index < -0.39 is 0 Å². The third kappa shape index (κ3) is 6.23. The number of hydrogen-bond donors (Lipinski definition) is 3. The van der Waals surface area contributed by atoms with Crippen molar-refractivity contribution in [2.75, 3.05) is 17.2 Å². The van der Waals surface area contributed by atoms with Crippen molar-refractivity contribution in [2.45, 2.75) is 19.9 Å². The Morgan fingerprint density at radius 1 is 0.839 bits per heavy atom. The molecular formula is C25H26FN3O2. The Bertz CT molecular complexity index is 1020. The van der Waals surface area contributed by atoms with Crippen molar-refractivity contribution in [3.05, 3.63) is 95.8 Å². The van der Waals surface area contributed by atoms with E-state index in [1.54, 1.807) is 48.5 Å². The number of nitrogens with one attached hydrogen (secondary N) is 3. The molecule has 0 heterocycles. The number of anilines is 2. The van der Waals surface area contributed by atoms with Crippen LogP contribution in [-0.4, -0.2) is 18.4 Å². The molecule has 0 aliphatic carbocycles. The summed E-state index contributed by atoms with van der Waals surface area (Å²) in [6.45, 7) is 4.11. The molecule has 6 heteroatoms. The first-order valence-corrected chi connectivity index (χ1v) is 10.2. The molecule has 5 nitrogen and oxygen atoms in total. The highest BCUT2D eigenvalue weighted by Gasteiger charge is 2.18. The van der Waals surface area contributed by atoms with E-state index in [4.69, 9.17) is 0 Å². The molecule has 1 atom stereocenters. The molecule has 1 unspecified atom stereocenters. The lowest BCUT2D eigenvalue weighted by atomic mass is 9.96. The smallest absolute Gasteiger partial charge is 0.257 e. The third-order valence-corrected chi connectivity index (χ3v) is 4.86. The van der Waals surface area contributed by atoms with Crippen molar-refractivity contribution in [3.8, 4) is 0 Å². The van der Waals surface area contributed by atoms with Crippen LogP contribution in [0.3, 0.4) is 0 Å². The average Bonchev–Trinajstić information content (AvgIpc) is 2.76. The van der Waals surface area contributed by atoms with Crippen molar-refractivity contribution < 1.29 is 14.0 Å². The minimum absolute atomic E-state index is 0.0505. The van der Waals surface area contributed by atoms with E-state index in [2.05, 4.69) is 16.0 Å². The first-order valence-electron chi connectivity index (χ1n) is 10.2. The predicted molar refractivity (Wildman–Crippen MR) is 121 cm³/mol. The second-order valence-corrected chi connectivity index (χ2v) is 7.57. The van der Waals surface area contributed by atoms with Crippen molar-refractivity contribution >= 4 is 23.2 Å². The molecule has 0 spiro atoms. The Morgan fingerprint density at radius 3 is 2.16 bits per heavy atom. The van der Waals surface area contributed by atoms with Gasteiger partial charge in [0.15, 0.2) is 0 Å². The summed E-state index contributed by atoms with van der Waals surface area (Å²) >= 11 is 0. The van der Waals surface area contributed by atoms with Crippen molar-refractivity contribution in [2.24, 2.45) is 5.92 Å². The van der Waals surface area contributed by atoms with Crippen LogP contribution in [0.5, 0.6) is 0 Å². The van der Waals surface area contributed by atoms with Gasteiger partial charge in [0.2, 0.25) is 5.91 Å². The number of benzene rings is 3. The molecule has 0 fully saturated rings. The van der Waals surface area contributed by atoms with Crippen LogP contribution in [0.2, 0.25) is 0 Å². The third-order valence-electron chi connectivity index (χ3n) is 4.86. The van der Waals surface area contributed by atoms with E-state index in [1.807, 2.05) is 32.0 Å². The maximum Gasteiger partial charge on any atom is 0.257 e. The van der Waals surface area contributed by atoms with Crippen LogP contribution in [0, 0.1) is 11.7 Å². The zero-order chi connectivity index (χ0) is 22.2. The molecular weight excluding hydrogens is 393 g/mol. The molecule has 0 saturated carbocycles. The lowest BCUT2D eigenvalue weighted by Crippen LogP contribution is -2.34. The lowest BCUT2D eigenvalue weighted by molar-refractivity contribution is -0.115. The largest absolute Gasteiger partial charge is 0.324 e. The van der Waals surface area contributed by atoms with Crippen LogP contribution in [0.15, 0.2) is 78.9 Å². The van der Waals surface area contributed by atoms with Crippen LogP contribution in [0.25, 0.3) is 0 Å². The zero-order valence-electron chi connectivity index (χ0n) is 17.6. The highest BCUT2D eigenvalue weighted by atomic mass is 19.1. The molecule has 0 aliphatic rings. The maximum atomic E-state index is 13.2. The van der Waals surface area contributed by atoms with Crippen molar-refractivity contribution in [3.63, 3.8) is 0 Å². The molecule has 0 radical (unpaired) electrons. The Balaban J connectivity index is 1.65. The zero-order valence-corrected chi connectivity index (χ0v) is 17.6. The van der Waals surface area contributed by atoms with Gasteiger partial charge >= 0.3 is 0 Å². The predicted octanol–water partition coefficient (Wildman–Crippen LogP) is 5.00. The van der Waals surface area contributed by atoms with Gasteiger partial charge in [-0.25, -0.2) is 4.39 Å². The van der Waals surface area contributed by atoms with Crippen LogP contribution in [0.4, 0.5) is 15.8 Å². The molecule has 3 aromatic carbocycles. The highest BCUT2D eigenvalue weighted by Crippen LogP contribution is 2.22. The summed E-state index contributed by atoms with van der Waals surface area (Å²) in [4.78, 5) is 25.3. The Labute approximate surface area is 181 Å². The molecule has 0 saturated heterocycles. The Morgan fingerprint density at radius 2 is 1.48 bits per heavy atom. The number of halogens is 1.